The van der Waals surface area contributed by atoms with E-state index in [9.17, 15) is 4.79 Å². The number of ether oxygens (including phenoxy) is 1. The number of aromatic nitrogens is 1. The van der Waals surface area contributed by atoms with E-state index < -0.39 is 0 Å². The standard InChI is InChI=1S/C19H18BClN2O2S/c1-12-4-3-5-15(21)17(12)23(18(24)16-10-22-19(20)26-16)11-13-6-8-14(25-2)9-7-13/h3-10H,11,20H2,1-2H3. The number of benzene rings is 2. The average molecular weight is 385 g/mol. The van der Waals surface area contributed by atoms with Crippen LogP contribution < -0.4 is 14.5 Å². The van der Waals surface area contributed by atoms with E-state index >= 15 is 0 Å². The minimum atomic E-state index is -0.109. The van der Waals surface area contributed by atoms with Gasteiger partial charge in [0.15, 0.2) is 7.85 Å². The van der Waals surface area contributed by atoms with Crippen LogP contribution in [-0.2, 0) is 6.54 Å². The van der Waals surface area contributed by atoms with Crippen molar-refractivity contribution in [2.24, 2.45) is 0 Å². The molecule has 0 aliphatic heterocycles. The van der Waals surface area contributed by atoms with E-state index in [2.05, 4.69) is 4.98 Å². The normalized spacial score (nSPS) is 10.6. The van der Waals surface area contributed by atoms with Crippen LogP contribution in [0.5, 0.6) is 5.75 Å². The number of amides is 1. The molecule has 1 heterocycles. The van der Waals surface area contributed by atoms with Crippen LogP contribution in [0.15, 0.2) is 48.7 Å². The summed E-state index contributed by atoms with van der Waals surface area (Å²) < 4.78 is 5.21. The number of anilines is 1. The molecule has 26 heavy (non-hydrogen) atoms. The minimum Gasteiger partial charge on any atom is -0.497 e. The molecule has 0 saturated heterocycles. The molecule has 3 aromatic rings. The third-order valence-electron chi connectivity index (χ3n) is 4.04. The van der Waals surface area contributed by atoms with Crippen LogP contribution in [0.2, 0.25) is 5.02 Å². The number of thiazole rings is 1. The molecule has 132 valence electrons. The fraction of sp³-hybridized carbons (Fsp3) is 0.158. The quantitative estimate of drug-likeness (QED) is 0.634. The van der Waals surface area contributed by atoms with Crippen molar-refractivity contribution in [3.8, 4) is 5.75 Å². The highest BCUT2D eigenvalue weighted by molar-refractivity contribution is 7.21. The monoisotopic (exact) mass is 384 g/mol. The van der Waals surface area contributed by atoms with Crippen LogP contribution in [-0.4, -0.2) is 25.8 Å². The van der Waals surface area contributed by atoms with Gasteiger partial charge in [-0.2, -0.15) is 0 Å². The maximum absolute atomic E-state index is 13.2. The van der Waals surface area contributed by atoms with Crippen molar-refractivity contribution in [2.75, 3.05) is 12.0 Å². The largest absolute Gasteiger partial charge is 0.497 e. The lowest BCUT2D eigenvalue weighted by Crippen LogP contribution is -2.30. The summed E-state index contributed by atoms with van der Waals surface area (Å²) in [7, 11) is 3.51. The van der Waals surface area contributed by atoms with Crippen LogP contribution in [0.3, 0.4) is 0 Å². The van der Waals surface area contributed by atoms with Crippen LogP contribution in [0, 0.1) is 6.92 Å². The van der Waals surface area contributed by atoms with Gasteiger partial charge in [-0.05, 0) is 36.2 Å². The molecule has 0 N–H and O–H groups in total. The molecule has 0 radical (unpaired) electrons. The molecule has 7 heteroatoms. The summed E-state index contributed by atoms with van der Waals surface area (Å²) in [4.78, 5) is 20.6. The number of rotatable bonds is 5. The van der Waals surface area contributed by atoms with Crippen molar-refractivity contribution >= 4 is 47.3 Å². The summed E-state index contributed by atoms with van der Waals surface area (Å²) in [6.07, 6.45) is 1.62. The van der Waals surface area contributed by atoms with Gasteiger partial charge in [0.1, 0.15) is 10.6 Å². The van der Waals surface area contributed by atoms with Crippen LogP contribution in [0.25, 0.3) is 0 Å². The zero-order valence-corrected chi connectivity index (χ0v) is 16.4. The summed E-state index contributed by atoms with van der Waals surface area (Å²) in [5.41, 5.74) is 2.65. The summed E-state index contributed by atoms with van der Waals surface area (Å²) in [5, 5.41) is 0.549. The Morgan fingerprint density at radius 2 is 2.00 bits per heavy atom. The number of carbonyl (C=O) groups is 1. The highest BCUT2D eigenvalue weighted by atomic mass is 35.5. The fourth-order valence-corrected chi connectivity index (χ4v) is 3.77. The Hall–Kier alpha value is -2.31. The molecule has 0 unspecified atom stereocenters. The van der Waals surface area contributed by atoms with E-state index in [1.807, 2.05) is 51.2 Å². The Kier molecular flexibility index (Phi) is 5.64. The summed E-state index contributed by atoms with van der Waals surface area (Å²) in [6, 6.07) is 13.3. The lowest BCUT2D eigenvalue weighted by molar-refractivity contribution is 0.0988. The van der Waals surface area contributed by atoms with Crippen molar-refractivity contribution in [2.45, 2.75) is 13.5 Å². The number of halogens is 1. The maximum Gasteiger partial charge on any atom is 0.270 e. The third kappa shape index (κ3) is 3.92. The van der Waals surface area contributed by atoms with Gasteiger partial charge in [-0.3, -0.25) is 9.78 Å². The summed E-state index contributed by atoms with van der Waals surface area (Å²) in [6.45, 7) is 2.36. The van der Waals surface area contributed by atoms with Gasteiger partial charge in [0.25, 0.3) is 5.91 Å². The highest BCUT2D eigenvalue weighted by Gasteiger charge is 2.23. The third-order valence-corrected chi connectivity index (χ3v) is 5.24. The first-order valence-electron chi connectivity index (χ1n) is 8.12. The Morgan fingerprint density at radius 3 is 2.58 bits per heavy atom. The van der Waals surface area contributed by atoms with Crippen molar-refractivity contribution in [1.29, 1.82) is 0 Å². The number of carbonyl (C=O) groups excluding carboxylic acids is 1. The topological polar surface area (TPSA) is 42.4 Å². The van der Waals surface area contributed by atoms with E-state index in [0.29, 0.717) is 16.4 Å². The number of aryl methyl sites for hydroxylation is 1. The first-order valence-corrected chi connectivity index (χ1v) is 9.31. The zero-order valence-electron chi connectivity index (χ0n) is 14.8. The van der Waals surface area contributed by atoms with E-state index in [1.54, 1.807) is 24.3 Å². The van der Waals surface area contributed by atoms with Crippen LogP contribution in [0.1, 0.15) is 20.8 Å². The molecule has 1 amide bonds. The molecule has 0 bridgehead atoms. The van der Waals surface area contributed by atoms with E-state index in [1.165, 1.54) is 11.3 Å². The first kappa shape index (κ1) is 18.5. The molecular weight excluding hydrogens is 367 g/mol. The second-order valence-corrected chi connectivity index (χ2v) is 7.53. The van der Waals surface area contributed by atoms with Gasteiger partial charge in [-0.25, -0.2) is 0 Å². The number of methoxy groups -OCH3 is 1. The Labute approximate surface area is 162 Å². The second kappa shape index (κ2) is 7.93. The molecule has 0 atom stereocenters. The van der Waals surface area contributed by atoms with Crippen molar-refractivity contribution in [3.05, 3.63) is 69.7 Å². The van der Waals surface area contributed by atoms with Crippen LogP contribution >= 0.6 is 22.9 Å². The lowest BCUT2D eigenvalue weighted by atomic mass is 10.1. The average Bonchev–Trinajstić information content (AvgIpc) is 3.07. The molecule has 3 rings (SSSR count). The van der Waals surface area contributed by atoms with Gasteiger partial charge in [0.05, 0.1) is 24.4 Å². The number of hydrogen-bond donors (Lipinski definition) is 0. The fourth-order valence-electron chi connectivity index (χ4n) is 2.72. The van der Waals surface area contributed by atoms with Crippen molar-refractivity contribution in [3.63, 3.8) is 0 Å². The predicted octanol–water partition coefficient (Wildman–Crippen LogP) is 3.22. The van der Waals surface area contributed by atoms with Gasteiger partial charge >= 0.3 is 0 Å². The second-order valence-electron chi connectivity index (χ2n) is 5.89. The first-order chi connectivity index (χ1) is 12.5. The number of hydrogen-bond acceptors (Lipinski definition) is 4. The SMILES string of the molecule is Bc1ncc(C(=O)N(Cc2ccc(OC)cc2)c2c(C)cccc2Cl)s1. The molecule has 2 aromatic carbocycles. The Bertz CT molecular complexity index is 907. The molecule has 4 nitrogen and oxygen atoms in total. The zero-order chi connectivity index (χ0) is 18.7. The molecule has 0 aliphatic carbocycles. The van der Waals surface area contributed by atoms with Gasteiger partial charge < -0.3 is 9.64 Å². The lowest BCUT2D eigenvalue weighted by Gasteiger charge is -2.25. The van der Waals surface area contributed by atoms with E-state index in [0.717, 1.165) is 27.5 Å². The summed E-state index contributed by atoms with van der Waals surface area (Å²) >= 11 is 7.83. The number of para-hydroxylation sites is 1. The maximum atomic E-state index is 13.2. The van der Waals surface area contributed by atoms with Gasteiger partial charge in [-0.1, -0.05) is 35.9 Å². The number of nitrogens with zero attached hydrogens (tertiary/aromatic N) is 2. The summed E-state index contributed by atoms with van der Waals surface area (Å²) in [5.74, 6) is 0.668. The smallest absolute Gasteiger partial charge is 0.270 e. The Morgan fingerprint density at radius 1 is 1.27 bits per heavy atom. The van der Waals surface area contributed by atoms with Crippen molar-refractivity contribution in [1.82, 2.24) is 4.98 Å². The minimum absolute atomic E-state index is 0.109. The molecule has 0 fully saturated rings. The highest BCUT2D eigenvalue weighted by Crippen LogP contribution is 2.32. The van der Waals surface area contributed by atoms with Crippen LogP contribution in [0.4, 0.5) is 5.69 Å². The Balaban J connectivity index is 2.02. The predicted molar refractivity (Wildman–Crippen MR) is 110 cm³/mol. The molecule has 0 aliphatic rings. The molecular formula is C19H18BClN2O2S. The molecule has 1 aromatic heterocycles. The van der Waals surface area contributed by atoms with E-state index in [4.69, 9.17) is 16.3 Å². The molecule has 0 spiro atoms. The van der Waals surface area contributed by atoms with Gasteiger partial charge in [-0.15, -0.1) is 11.3 Å². The van der Waals surface area contributed by atoms with Crippen molar-refractivity contribution < 1.29 is 9.53 Å². The molecule has 0 saturated carbocycles. The van der Waals surface area contributed by atoms with E-state index in [-0.39, 0.29) is 5.91 Å². The van der Waals surface area contributed by atoms with Gasteiger partial charge in [0, 0.05) is 11.1 Å². The van der Waals surface area contributed by atoms with Gasteiger partial charge in [0.2, 0.25) is 0 Å².